The maximum absolute atomic E-state index is 4.83. The van der Waals surface area contributed by atoms with Gasteiger partial charge in [0.15, 0.2) is 0 Å². The summed E-state index contributed by atoms with van der Waals surface area (Å²) in [5.74, 6) is 2.56. The maximum atomic E-state index is 4.83. The molecule has 3 heteroatoms. The lowest BCUT2D eigenvalue weighted by molar-refractivity contribution is 0.483. The van der Waals surface area contributed by atoms with Crippen molar-refractivity contribution in [2.75, 3.05) is 6.54 Å². The smallest absolute Gasteiger partial charge is 0.111 e. The zero-order chi connectivity index (χ0) is 12.4. The van der Waals surface area contributed by atoms with Crippen molar-refractivity contribution in [2.24, 2.45) is 5.92 Å². The highest BCUT2D eigenvalue weighted by Crippen LogP contribution is 2.22. The van der Waals surface area contributed by atoms with Crippen LogP contribution in [0.5, 0.6) is 0 Å². The first-order chi connectivity index (χ1) is 8.09. The number of fused-ring (bicyclic) bond motifs is 1. The summed E-state index contributed by atoms with van der Waals surface area (Å²) in [6.45, 7) is 12.2. The average molecular weight is 235 g/mol. The van der Waals surface area contributed by atoms with Crippen molar-refractivity contribution in [3.05, 3.63) is 17.2 Å². The van der Waals surface area contributed by atoms with Crippen LogP contribution in [0.25, 0.3) is 0 Å². The number of hydrogen-bond donors (Lipinski definition) is 1. The molecule has 1 aromatic rings. The molecule has 0 radical (unpaired) electrons. The van der Waals surface area contributed by atoms with Gasteiger partial charge in [-0.3, -0.25) is 0 Å². The first kappa shape index (κ1) is 12.6. The third-order valence-corrected chi connectivity index (χ3v) is 3.46. The fourth-order valence-corrected chi connectivity index (χ4v) is 2.47. The lowest BCUT2D eigenvalue weighted by Crippen LogP contribution is -2.25. The largest absolute Gasteiger partial charge is 0.331 e. The molecule has 0 saturated heterocycles. The van der Waals surface area contributed by atoms with Gasteiger partial charge in [0, 0.05) is 37.7 Å². The van der Waals surface area contributed by atoms with E-state index < -0.39 is 0 Å². The van der Waals surface area contributed by atoms with Crippen molar-refractivity contribution in [2.45, 2.75) is 59.5 Å². The van der Waals surface area contributed by atoms with Gasteiger partial charge in [-0.1, -0.05) is 27.7 Å². The van der Waals surface area contributed by atoms with E-state index in [4.69, 9.17) is 4.98 Å². The lowest BCUT2D eigenvalue weighted by Gasteiger charge is -2.17. The van der Waals surface area contributed by atoms with E-state index in [0.717, 1.165) is 32.0 Å². The van der Waals surface area contributed by atoms with Gasteiger partial charge in [0.25, 0.3) is 0 Å². The fourth-order valence-electron chi connectivity index (χ4n) is 2.47. The third-order valence-electron chi connectivity index (χ3n) is 3.46. The van der Waals surface area contributed by atoms with Gasteiger partial charge in [0.05, 0.1) is 5.69 Å². The SMILES string of the molecule is CC(C)CCn1c(C(C)C)nc2c1CCNC2. The van der Waals surface area contributed by atoms with Gasteiger partial charge in [-0.15, -0.1) is 0 Å². The molecule has 0 atom stereocenters. The van der Waals surface area contributed by atoms with E-state index in [9.17, 15) is 0 Å². The number of hydrogen-bond acceptors (Lipinski definition) is 2. The minimum Gasteiger partial charge on any atom is -0.331 e. The predicted molar refractivity (Wildman–Crippen MR) is 71.2 cm³/mol. The van der Waals surface area contributed by atoms with Crippen LogP contribution in [0.4, 0.5) is 0 Å². The summed E-state index contributed by atoms with van der Waals surface area (Å²) >= 11 is 0. The Labute approximate surface area is 105 Å². The Kier molecular flexibility index (Phi) is 3.87. The molecule has 2 heterocycles. The zero-order valence-corrected chi connectivity index (χ0v) is 11.6. The summed E-state index contributed by atoms with van der Waals surface area (Å²) in [5.41, 5.74) is 2.76. The van der Waals surface area contributed by atoms with Gasteiger partial charge >= 0.3 is 0 Å². The van der Waals surface area contributed by atoms with Crippen molar-refractivity contribution < 1.29 is 0 Å². The molecule has 3 nitrogen and oxygen atoms in total. The lowest BCUT2D eigenvalue weighted by atomic mass is 10.1. The quantitative estimate of drug-likeness (QED) is 0.869. The van der Waals surface area contributed by atoms with Crippen LogP contribution >= 0.6 is 0 Å². The number of imidazole rings is 1. The van der Waals surface area contributed by atoms with E-state index in [-0.39, 0.29) is 0 Å². The molecule has 2 rings (SSSR count). The van der Waals surface area contributed by atoms with Crippen LogP contribution in [-0.4, -0.2) is 16.1 Å². The number of nitrogens with one attached hydrogen (secondary N) is 1. The Bertz CT molecular complexity index is 377. The standard InChI is InChI=1S/C14H25N3/c1-10(2)6-8-17-13-5-7-15-9-12(13)16-14(17)11(3)4/h10-11,15H,5-9H2,1-4H3. The van der Waals surface area contributed by atoms with Crippen LogP contribution in [0.1, 0.15) is 57.2 Å². The molecule has 0 aliphatic carbocycles. The first-order valence-corrected chi connectivity index (χ1v) is 6.88. The van der Waals surface area contributed by atoms with E-state index in [1.807, 2.05) is 0 Å². The second-order valence-electron chi connectivity index (χ2n) is 5.78. The van der Waals surface area contributed by atoms with Gasteiger partial charge < -0.3 is 9.88 Å². The molecule has 0 fully saturated rings. The third kappa shape index (κ3) is 2.71. The minimum atomic E-state index is 0.521. The number of rotatable bonds is 4. The molecular weight excluding hydrogens is 210 g/mol. The molecule has 1 N–H and O–H groups in total. The molecule has 17 heavy (non-hydrogen) atoms. The summed E-state index contributed by atoms with van der Waals surface area (Å²) < 4.78 is 2.49. The molecule has 0 bridgehead atoms. The second kappa shape index (κ2) is 5.21. The van der Waals surface area contributed by atoms with Crippen molar-refractivity contribution >= 4 is 0 Å². The normalized spacial score (nSPS) is 15.6. The molecule has 0 amide bonds. The minimum absolute atomic E-state index is 0.521. The monoisotopic (exact) mass is 235 g/mol. The van der Waals surface area contributed by atoms with E-state index in [1.165, 1.54) is 23.6 Å². The van der Waals surface area contributed by atoms with Crippen molar-refractivity contribution in [1.29, 1.82) is 0 Å². The van der Waals surface area contributed by atoms with Crippen molar-refractivity contribution in [3.63, 3.8) is 0 Å². The summed E-state index contributed by atoms with van der Waals surface area (Å²) in [5, 5.41) is 3.41. The average Bonchev–Trinajstić information content (AvgIpc) is 2.65. The molecule has 0 unspecified atom stereocenters. The summed E-state index contributed by atoms with van der Waals surface area (Å²) in [4.78, 5) is 4.83. The molecular formula is C14H25N3. The van der Waals surface area contributed by atoms with E-state index in [2.05, 4.69) is 37.6 Å². The van der Waals surface area contributed by atoms with Crippen LogP contribution in [0, 0.1) is 5.92 Å². The molecule has 0 aromatic carbocycles. The Morgan fingerprint density at radius 3 is 2.71 bits per heavy atom. The van der Waals surface area contributed by atoms with E-state index in [0.29, 0.717) is 5.92 Å². The van der Waals surface area contributed by atoms with Gasteiger partial charge in [-0.2, -0.15) is 0 Å². The maximum Gasteiger partial charge on any atom is 0.111 e. The van der Waals surface area contributed by atoms with Crippen molar-refractivity contribution in [1.82, 2.24) is 14.9 Å². The van der Waals surface area contributed by atoms with Gasteiger partial charge in [-0.25, -0.2) is 4.98 Å². The van der Waals surface area contributed by atoms with Gasteiger partial charge in [0.2, 0.25) is 0 Å². The number of aromatic nitrogens is 2. The Morgan fingerprint density at radius 2 is 2.06 bits per heavy atom. The fraction of sp³-hybridized carbons (Fsp3) is 0.786. The van der Waals surface area contributed by atoms with Crippen LogP contribution in [0.15, 0.2) is 0 Å². The zero-order valence-electron chi connectivity index (χ0n) is 11.6. The topological polar surface area (TPSA) is 29.9 Å². The van der Waals surface area contributed by atoms with E-state index >= 15 is 0 Å². The van der Waals surface area contributed by atoms with Gasteiger partial charge in [-0.05, 0) is 12.3 Å². The molecule has 1 aliphatic rings. The summed E-state index contributed by atoms with van der Waals surface area (Å²) in [6.07, 6.45) is 2.38. The Morgan fingerprint density at radius 1 is 1.29 bits per heavy atom. The van der Waals surface area contributed by atoms with Crippen LogP contribution < -0.4 is 5.32 Å². The molecule has 0 spiro atoms. The highest BCUT2D eigenvalue weighted by Gasteiger charge is 2.20. The number of nitrogens with zero attached hydrogens (tertiary/aromatic N) is 2. The highest BCUT2D eigenvalue weighted by atomic mass is 15.1. The van der Waals surface area contributed by atoms with Crippen LogP contribution in [0.2, 0.25) is 0 Å². The van der Waals surface area contributed by atoms with Crippen LogP contribution in [-0.2, 0) is 19.5 Å². The summed E-state index contributed by atoms with van der Waals surface area (Å²) in [6, 6.07) is 0. The molecule has 96 valence electrons. The molecule has 1 aromatic heterocycles. The van der Waals surface area contributed by atoms with Crippen molar-refractivity contribution in [3.8, 4) is 0 Å². The van der Waals surface area contributed by atoms with Crippen LogP contribution in [0.3, 0.4) is 0 Å². The van der Waals surface area contributed by atoms with Gasteiger partial charge in [0.1, 0.15) is 5.82 Å². The first-order valence-electron chi connectivity index (χ1n) is 6.88. The second-order valence-corrected chi connectivity index (χ2v) is 5.78. The van der Waals surface area contributed by atoms with E-state index in [1.54, 1.807) is 0 Å². The molecule has 1 aliphatic heterocycles. The molecule has 0 saturated carbocycles. The Hall–Kier alpha value is -0.830. The Balaban J connectivity index is 2.28. The summed E-state index contributed by atoms with van der Waals surface area (Å²) in [7, 11) is 0. The highest BCUT2D eigenvalue weighted by molar-refractivity contribution is 5.21. The predicted octanol–water partition coefficient (Wildman–Crippen LogP) is 2.70.